The first-order valence-corrected chi connectivity index (χ1v) is 11.3. The summed E-state index contributed by atoms with van der Waals surface area (Å²) in [5, 5.41) is 2.58. The lowest BCUT2D eigenvalue weighted by atomic mass is 10.1. The minimum atomic E-state index is -3.81. The number of nitrogens with one attached hydrogen (secondary N) is 1. The van der Waals surface area contributed by atoms with Crippen molar-refractivity contribution in [2.45, 2.75) is 16.0 Å². The molecule has 0 radical (unpaired) electrons. The van der Waals surface area contributed by atoms with Gasteiger partial charge in [-0.25, -0.2) is 8.42 Å². The summed E-state index contributed by atoms with van der Waals surface area (Å²) in [5.74, 6) is -0.513. The fraction of sp³-hybridized carbons (Fsp3) is 0.261. The molecule has 8 heteroatoms. The van der Waals surface area contributed by atoms with Crippen molar-refractivity contribution >= 4 is 21.4 Å². The van der Waals surface area contributed by atoms with Crippen molar-refractivity contribution in [3.05, 3.63) is 78.1 Å². The minimum Gasteiger partial charge on any atom is -0.439 e. The van der Waals surface area contributed by atoms with E-state index in [9.17, 15) is 13.2 Å². The van der Waals surface area contributed by atoms with Crippen LogP contribution in [0.4, 0.5) is 5.69 Å². The molecule has 7 nitrogen and oxygen atoms in total. The molecule has 0 saturated heterocycles. The number of likely N-dealkylation sites (N-methyl/N-ethyl adjacent to an activating group) is 1. The third kappa shape index (κ3) is 5.15. The lowest BCUT2D eigenvalue weighted by molar-refractivity contribution is 0.0909. The zero-order valence-electron chi connectivity index (χ0n) is 18.1. The van der Waals surface area contributed by atoms with Crippen LogP contribution in [0.3, 0.4) is 0 Å². The maximum atomic E-state index is 12.6. The molecule has 0 bridgehead atoms. The molecular weight excluding hydrogens is 414 g/mol. The van der Waals surface area contributed by atoms with Gasteiger partial charge in [0.25, 0.3) is 5.91 Å². The molecule has 0 aliphatic rings. The van der Waals surface area contributed by atoms with Crippen molar-refractivity contribution in [1.82, 2.24) is 10.2 Å². The van der Waals surface area contributed by atoms with Crippen molar-refractivity contribution in [1.29, 1.82) is 0 Å². The number of sulfone groups is 1. The van der Waals surface area contributed by atoms with Crippen LogP contribution in [0.5, 0.6) is 0 Å². The second-order valence-corrected chi connectivity index (χ2v) is 9.49. The quantitative estimate of drug-likeness (QED) is 0.578. The zero-order chi connectivity index (χ0) is 22.6. The molecule has 1 unspecified atom stereocenters. The molecule has 1 atom stereocenters. The highest BCUT2D eigenvalue weighted by Gasteiger charge is 2.24. The first kappa shape index (κ1) is 22.6. The molecule has 3 rings (SSSR count). The van der Waals surface area contributed by atoms with E-state index in [0.717, 1.165) is 11.3 Å². The largest absolute Gasteiger partial charge is 0.439 e. The molecule has 0 aliphatic carbocycles. The van der Waals surface area contributed by atoms with E-state index in [2.05, 4.69) is 5.32 Å². The molecule has 164 valence electrons. The topological polar surface area (TPSA) is 82.9 Å². The van der Waals surface area contributed by atoms with Crippen LogP contribution in [0.2, 0.25) is 0 Å². The van der Waals surface area contributed by atoms with E-state index in [1.807, 2.05) is 62.3 Å². The Morgan fingerprint density at radius 1 is 0.935 bits per heavy atom. The molecule has 1 heterocycles. The molecule has 3 aromatic rings. The lowest BCUT2D eigenvalue weighted by Crippen LogP contribution is -2.34. The summed E-state index contributed by atoms with van der Waals surface area (Å²) in [6, 6.07) is 18.7. The van der Waals surface area contributed by atoms with E-state index in [0.29, 0.717) is 6.54 Å². The Morgan fingerprint density at radius 3 is 2.16 bits per heavy atom. The SMILES string of the molecule is CN(C)c1ccc(C(CNC(=O)c2ccc(S(=O)(=O)c3ccccc3)o2)N(C)C)cc1. The summed E-state index contributed by atoms with van der Waals surface area (Å²) < 4.78 is 30.7. The van der Waals surface area contributed by atoms with Gasteiger partial charge in [0.2, 0.25) is 14.9 Å². The highest BCUT2D eigenvalue weighted by molar-refractivity contribution is 7.91. The van der Waals surface area contributed by atoms with E-state index in [-0.39, 0.29) is 21.8 Å². The zero-order valence-corrected chi connectivity index (χ0v) is 18.9. The van der Waals surface area contributed by atoms with Gasteiger partial charge in [-0.05, 0) is 56.1 Å². The summed E-state index contributed by atoms with van der Waals surface area (Å²) in [5.41, 5.74) is 2.15. The Hall–Kier alpha value is -3.10. The van der Waals surface area contributed by atoms with Gasteiger partial charge < -0.3 is 19.5 Å². The Bertz CT molecular complexity index is 1120. The van der Waals surface area contributed by atoms with Crippen LogP contribution in [0, 0.1) is 0 Å². The summed E-state index contributed by atoms with van der Waals surface area (Å²) in [4.78, 5) is 16.7. The third-order valence-corrected chi connectivity index (χ3v) is 6.64. The number of benzene rings is 2. The fourth-order valence-corrected chi connectivity index (χ4v) is 4.37. The Balaban J connectivity index is 1.71. The van der Waals surface area contributed by atoms with Crippen LogP contribution in [-0.4, -0.2) is 54.0 Å². The van der Waals surface area contributed by atoms with E-state index in [1.54, 1.807) is 18.2 Å². The van der Waals surface area contributed by atoms with Gasteiger partial charge in [-0.2, -0.15) is 0 Å². The van der Waals surface area contributed by atoms with E-state index in [1.165, 1.54) is 24.3 Å². The van der Waals surface area contributed by atoms with Gasteiger partial charge in [-0.1, -0.05) is 30.3 Å². The first-order chi connectivity index (χ1) is 14.7. The summed E-state index contributed by atoms with van der Waals surface area (Å²) in [6.45, 7) is 0.342. The highest BCUT2D eigenvalue weighted by atomic mass is 32.2. The molecular formula is C23H27N3O4S. The van der Waals surface area contributed by atoms with Gasteiger partial charge in [0.1, 0.15) is 0 Å². The molecule has 2 aromatic carbocycles. The first-order valence-electron chi connectivity index (χ1n) is 9.82. The Morgan fingerprint density at radius 2 is 1.58 bits per heavy atom. The number of furan rings is 1. The van der Waals surface area contributed by atoms with Gasteiger partial charge in [0.15, 0.2) is 5.76 Å². The van der Waals surface area contributed by atoms with Crippen LogP contribution in [-0.2, 0) is 9.84 Å². The fourth-order valence-electron chi connectivity index (χ4n) is 3.17. The van der Waals surface area contributed by atoms with Gasteiger partial charge in [-0.15, -0.1) is 0 Å². The number of carbonyl (C=O) groups excluding carboxylic acids is 1. The van der Waals surface area contributed by atoms with Gasteiger partial charge in [-0.3, -0.25) is 4.79 Å². The van der Waals surface area contributed by atoms with Crippen molar-refractivity contribution in [3.8, 4) is 0 Å². The van der Waals surface area contributed by atoms with Crippen molar-refractivity contribution < 1.29 is 17.6 Å². The minimum absolute atomic E-state index is 0.0463. The lowest BCUT2D eigenvalue weighted by Gasteiger charge is -2.25. The molecule has 0 fully saturated rings. The van der Waals surface area contributed by atoms with Crippen molar-refractivity contribution in [3.63, 3.8) is 0 Å². The molecule has 0 saturated carbocycles. The standard InChI is InChI=1S/C23H27N3O4S/c1-25(2)18-12-10-17(11-13-18)20(26(3)4)16-24-23(27)21-14-15-22(30-21)31(28,29)19-8-6-5-7-9-19/h5-15,20H,16H2,1-4H3,(H,24,27). The normalized spacial score (nSPS) is 12.5. The molecule has 0 aliphatic heterocycles. The van der Waals surface area contributed by atoms with Gasteiger partial charge in [0.05, 0.1) is 10.9 Å². The number of nitrogens with zero attached hydrogens (tertiary/aromatic N) is 2. The summed E-state index contributed by atoms with van der Waals surface area (Å²) >= 11 is 0. The van der Waals surface area contributed by atoms with E-state index in [4.69, 9.17) is 4.42 Å². The molecule has 1 amide bonds. The highest BCUT2D eigenvalue weighted by Crippen LogP contribution is 2.24. The Labute approximate surface area is 183 Å². The van der Waals surface area contributed by atoms with Crippen molar-refractivity contribution in [2.24, 2.45) is 0 Å². The van der Waals surface area contributed by atoms with Crippen LogP contribution < -0.4 is 10.2 Å². The van der Waals surface area contributed by atoms with Gasteiger partial charge >= 0.3 is 0 Å². The predicted octanol–water partition coefficient (Wildman–Crippen LogP) is 3.21. The third-order valence-electron chi connectivity index (χ3n) is 5.00. The molecule has 1 N–H and O–H groups in total. The number of hydrogen-bond acceptors (Lipinski definition) is 6. The maximum absolute atomic E-state index is 12.6. The number of amides is 1. The molecule has 1 aromatic heterocycles. The summed E-state index contributed by atoms with van der Waals surface area (Å²) in [7, 11) is 4.03. The predicted molar refractivity (Wildman–Crippen MR) is 120 cm³/mol. The monoisotopic (exact) mass is 441 g/mol. The van der Waals surface area contributed by atoms with E-state index >= 15 is 0 Å². The van der Waals surface area contributed by atoms with Crippen LogP contribution in [0.15, 0.2) is 81.1 Å². The number of hydrogen-bond donors (Lipinski definition) is 1. The van der Waals surface area contributed by atoms with E-state index < -0.39 is 15.7 Å². The van der Waals surface area contributed by atoms with Crippen LogP contribution >= 0.6 is 0 Å². The second kappa shape index (κ2) is 9.36. The Kier molecular flexibility index (Phi) is 6.82. The number of carbonyl (C=O) groups is 1. The van der Waals surface area contributed by atoms with Gasteiger partial charge in [0, 0.05) is 26.3 Å². The summed E-state index contributed by atoms with van der Waals surface area (Å²) in [6.07, 6.45) is 0. The number of anilines is 1. The number of rotatable bonds is 8. The smallest absolute Gasteiger partial charge is 0.287 e. The van der Waals surface area contributed by atoms with Crippen LogP contribution in [0.25, 0.3) is 0 Å². The van der Waals surface area contributed by atoms with Crippen molar-refractivity contribution in [2.75, 3.05) is 39.6 Å². The maximum Gasteiger partial charge on any atom is 0.287 e. The average Bonchev–Trinajstić information content (AvgIpc) is 3.26. The average molecular weight is 442 g/mol. The second-order valence-electron chi connectivity index (χ2n) is 7.61. The molecule has 31 heavy (non-hydrogen) atoms. The molecule has 0 spiro atoms. The van der Waals surface area contributed by atoms with Crippen LogP contribution in [0.1, 0.15) is 22.2 Å².